The van der Waals surface area contributed by atoms with Crippen LogP contribution < -0.4 is 5.32 Å². The second kappa shape index (κ2) is 5.38. The number of nitrogens with zero attached hydrogens (tertiary/aromatic N) is 1. The third kappa shape index (κ3) is 3.51. The number of carbonyl (C=O) groups excluding carboxylic acids is 1. The van der Waals surface area contributed by atoms with Crippen LogP contribution in [0, 0.1) is 6.92 Å². The molecular weight excluding hydrogens is 224 g/mol. The first-order valence-electron chi connectivity index (χ1n) is 5.20. The third-order valence-electron chi connectivity index (χ3n) is 2.47. The van der Waals surface area contributed by atoms with Crippen molar-refractivity contribution in [3.63, 3.8) is 0 Å². The maximum absolute atomic E-state index is 11.6. The highest BCUT2D eigenvalue weighted by Gasteiger charge is 2.21. The standard InChI is InChI=1S/C11H16N2O4/c1-7-4-5-9(17-7)6-12-11(16)13(3)8(2)10(14)15/h4-5,8H,6H2,1-3H3,(H,12,16)(H,14,15). The van der Waals surface area contributed by atoms with Gasteiger partial charge >= 0.3 is 12.0 Å². The number of aryl methyl sites for hydroxylation is 1. The van der Waals surface area contributed by atoms with Crippen molar-refractivity contribution < 1.29 is 19.1 Å². The molecule has 0 aliphatic carbocycles. The van der Waals surface area contributed by atoms with Gasteiger partial charge in [0.15, 0.2) is 0 Å². The van der Waals surface area contributed by atoms with Crippen molar-refractivity contribution >= 4 is 12.0 Å². The van der Waals surface area contributed by atoms with E-state index >= 15 is 0 Å². The third-order valence-corrected chi connectivity index (χ3v) is 2.47. The lowest BCUT2D eigenvalue weighted by Gasteiger charge is -2.21. The highest BCUT2D eigenvalue weighted by atomic mass is 16.4. The first kappa shape index (κ1) is 13.1. The molecule has 6 heteroatoms. The zero-order valence-corrected chi connectivity index (χ0v) is 10.1. The van der Waals surface area contributed by atoms with Crippen molar-refractivity contribution in [2.24, 2.45) is 0 Å². The lowest BCUT2D eigenvalue weighted by molar-refractivity contribution is -0.141. The number of hydrogen-bond donors (Lipinski definition) is 2. The summed E-state index contributed by atoms with van der Waals surface area (Å²) >= 11 is 0. The molecule has 17 heavy (non-hydrogen) atoms. The number of hydrogen-bond acceptors (Lipinski definition) is 3. The number of amides is 2. The summed E-state index contributed by atoms with van der Waals surface area (Å²) in [5.41, 5.74) is 0. The predicted molar refractivity (Wildman–Crippen MR) is 60.5 cm³/mol. The molecule has 1 atom stereocenters. The number of rotatable bonds is 4. The van der Waals surface area contributed by atoms with E-state index in [1.165, 1.54) is 14.0 Å². The van der Waals surface area contributed by atoms with Crippen LogP contribution in [-0.2, 0) is 11.3 Å². The van der Waals surface area contributed by atoms with Crippen LogP contribution in [0.2, 0.25) is 0 Å². The Kier molecular flexibility index (Phi) is 4.14. The number of carboxylic acid groups (broad SMARTS) is 1. The molecule has 0 aliphatic heterocycles. The van der Waals surface area contributed by atoms with Crippen LogP contribution in [0.15, 0.2) is 16.5 Å². The van der Waals surface area contributed by atoms with Crippen LogP contribution >= 0.6 is 0 Å². The highest BCUT2D eigenvalue weighted by Crippen LogP contribution is 2.06. The monoisotopic (exact) mass is 240 g/mol. The van der Waals surface area contributed by atoms with Crippen LogP contribution in [0.1, 0.15) is 18.4 Å². The van der Waals surface area contributed by atoms with Crippen LogP contribution in [0.3, 0.4) is 0 Å². The minimum absolute atomic E-state index is 0.239. The van der Waals surface area contributed by atoms with E-state index in [-0.39, 0.29) is 6.54 Å². The fourth-order valence-electron chi connectivity index (χ4n) is 1.21. The van der Waals surface area contributed by atoms with Gasteiger partial charge < -0.3 is 19.7 Å². The average molecular weight is 240 g/mol. The van der Waals surface area contributed by atoms with Gasteiger partial charge in [-0.2, -0.15) is 0 Å². The first-order valence-corrected chi connectivity index (χ1v) is 5.20. The molecule has 0 saturated heterocycles. The summed E-state index contributed by atoms with van der Waals surface area (Å²) in [7, 11) is 1.43. The van der Waals surface area contributed by atoms with Gasteiger partial charge in [-0.1, -0.05) is 0 Å². The summed E-state index contributed by atoms with van der Waals surface area (Å²) in [4.78, 5) is 23.4. The van der Waals surface area contributed by atoms with Gasteiger partial charge in [0.2, 0.25) is 0 Å². The second-order valence-corrected chi connectivity index (χ2v) is 3.80. The molecule has 0 aromatic carbocycles. The molecular formula is C11H16N2O4. The average Bonchev–Trinajstić information content (AvgIpc) is 2.69. The number of nitrogens with one attached hydrogen (secondary N) is 1. The summed E-state index contributed by atoms with van der Waals surface area (Å²) < 4.78 is 5.27. The number of likely N-dealkylation sites (N-methyl/N-ethyl adjacent to an activating group) is 1. The van der Waals surface area contributed by atoms with Crippen molar-refractivity contribution in [1.29, 1.82) is 0 Å². The zero-order chi connectivity index (χ0) is 13.0. The van der Waals surface area contributed by atoms with E-state index in [0.717, 1.165) is 10.7 Å². The Morgan fingerprint density at radius 3 is 2.65 bits per heavy atom. The van der Waals surface area contributed by atoms with Crippen molar-refractivity contribution in [2.45, 2.75) is 26.4 Å². The molecule has 1 rings (SSSR count). The maximum Gasteiger partial charge on any atom is 0.326 e. The molecule has 0 radical (unpaired) electrons. The summed E-state index contributed by atoms with van der Waals surface area (Å²) in [5, 5.41) is 11.3. The molecule has 0 fully saturated rings. The smallest absolute Gasteiger partial charge is 0.326 e. The number of furan rings is 1. The fraction of sp³-hybridized carbons (Fsp3) is 0.455. The molecule has 0 saturated carbocycles. The van der Waals surface area contributed by atoms with Gasteiger partial charge in [0, 0.05) is 7.05 Å². The Labute approximate surface area is 99.2 Å². The summed E-state index contributed by atoms with van der Waals surface area (Å²) in [6.07, 6.45) is 0. The van der Waals surface area contributed by atoms with Gasteiger partial charge in [-0.05, 0) is 26.0 Å². The number of carbonyl (C=O) groups is 2. The molecule has 0 bridgehead atoms. The summed E-state index contributed by atoms with van der Waals surface area (Å²) in [6.45, 7) is 3.49. The van der Waals surface area contributed by atoms with Crippen LogP contribution in [0.25, 0.3) is 0 Å². The van der Waals surface area contributed by atoms with Crippen molar-refractivity contribution in [3.8, 4) is 0 Å². The van der Waals surface area contributed by atoms with Gasteiger partial charge in [0.25, 0.3) is 0 Å². The predicted octanol–water partition coefficient (Wildman–Crippen LogP) is 1.20. The zero-order valence-electron chi connectivity index (χ0n) is 10.1. The molecule has 1 aromatic heterocycles. The largest absolute Gasteiger partial charge is 0.480 e. The molecule has 1 unspecified atom stereocenters. The minimum atomic E-state index is -1.04. The topological polar surface area (TPSA) is 82.8 Å². The SMILES string of the molecule is Cc1ccc(CNC(=O)N(C)C(C)C(=O)O)o1. The Balaban J connectivity index is 2.47. The lowest BCUT2D eigenvalue weighted by Crippen LogP contribution is -2.45. The van der Waals surface area contributed by atoms with E-state index in [1.807, 2.05) is 6.92 Å². The molecule has 0 spiro atoms. The maximum atomic E-state index is 11.6. The first-order chi connectivity index (χ1) is 7.91. The van der Waals surface area contributed by atoms with Gasteiger partial charge in [0.1, 0.15) is 17.6 Å². The number of aliphatic carboxylic acids is 1. The Hall–Kier alpha value is -1.98. The number of urea groups is 1. The lowest BCUT2D eigenvalue weighted by atomic mass is 10.3. The van der Waals surface area contributed by atoms with Gasteiger partial charge in [0.05, 0.1) is 6.54 Å². The van der Waals surface area contributed by atoms with E-state index in [2.05, 4.69) is 5.32 Å². The molecule has 1 aromatic rings. The van der Waals surface area contributed by atoms with E-state index in [0.29, 0.717) is 5.76 Å². The second-order valence-electron chi connectivity index (χ2n) is 3.80. The Morgan fingerprint density at radius 1 is 1.53 bits per heavy atom. The van der Waals surface area contributed by atoms with Gasteiger partial charge in [-0.15, -0.1) is 0 Å². The van der Waals surface area contributed by atoms with E-state index in [9.17, 15) is 9.59 Å². The molecule has 1 heterocycles. The van der Waals surface area contributed by atoms with Crippen molar-refractivity contribution in [2.75, 3.05) is 7.05 Å². The van der Waals surface area contributed by atoms with Crippen LogP contribution in [-0.4, -0.2) is 35.1 Å². The number of carboxylic acids is 1. The molecule has 94 valence electrons. The highest BCUT2D eigenvalue weighted by molar-refractivity contribution is 5.81. The Morgan fingerprint density at radius 2 is 2.18 bits per heavy atom. The van der Waals surface area contributed by atoms with Gasteiger partial charge in [-0.25, -0.2) is 9.59 Å². The van der Waals surface area contributed by atoms with E-state index in [4.69, 9.17) is 9.52 Å². The quantitative estimate of drug-likeness (QED) is 0.828. The van der Waals surface area contributed by atoms with E-state index < -0.39 is 18.0 Å². The minimum Gasteiger partial charge on any atom is -0.480 e. The normalized spacial score (nSPS) is 11.9. The van der Waals surface area contributed by atoms with Crippen molar-refractivity contribution in [3.05, 3.63) is 23.7 Å². The Bertz CT molecular complexity index is 413. The van der Waals surface area contributed by atoms with Crippen molar-refractivity contribution in [1.82, 2.24) is 10.2 Å². The molecule has 2 N–H and O–H groups in total. The van der Waals surface area contributed by atoms with E-state index in [1.54, 1.807) is 12.1 Å². The molecule has 0 aliphatic rings. The van der Waals surface area contributed by atoms with Crippen LogP contribution in [0.5, 0.6) is 0 Å². The summed E-state index contributed by atoms with van der Waals surface area (Å²) in [6, 6.07) is 2.24. The van der Waals surface area contributed by atoms with Gasteiger partial charge in [-0.3, -0.25) is 0 Å². The fourth-order valence-corrected chi connectivity index (χ4v) is 1.21. The summed E-state index contributed by atoms with van der Waals surface area (Å²) in [5.74, 6) is 0.352. The molecule has 6 nitrogen and oxygen atoms in total. The molecule has 2 amide bonds. The van der Waals surface area contributed by atoms with Crippen LogP contribution in [0.4, 0.5) is 4.79 Å².